The Bertz CT molecular complexity index is 785. The van der Waals surface area contributed by atoms with Crippen LogP contribution in [0.3, 0.4) is 0 Å². The van der Waals surface area contributed by atoms with Gasteiger partial charge in [-0.1, -0.05) is 60.7 Å². The molecule has 0 saturated heterocycles. The molecule has 0 aliphatic carbocycles. The van der Waals surface area contributed by atoms with Gasteiger partial charge in [-0.25, -0.2) is 0 Å². The lowest BCUT2D eigenvalue weighted by Crippen LogP contribution is -2.14. The van der Waals surface area contributed by atoms with Crippen LogP contribution in [-0.2, 0) is 0 Å². The number of aromatic amines is 1. The van der Waals surface area contributed by atoms with E-state index in [4.69, 9.17) is 4.52 Å². The summed E-state index contributed by atoms with van der Waals surface area (Å²) in [7, 11) is 0. The molecule has 0 aliphatic heterocycles. The summed E-state index contributed by atoms with van der Waals surface area (Å²) in [6.07, 6.45) is 0. The van der Waals surface area contributed by atoms with Gasteiger partial charge in [0, 0.05) is 11.1 Å². The van der Waals surface area contributed by atoms with Crippen LogP contribution in [0.5, 0.6) is 0 Å². The minimum atomic E-state index is -0.516. The SMILES string of the molecule is O=C(c1ccccc1)c1c(-c2ccccc2)o[nH]c1=O. The molecule has 20 heavy (non-hydrogen) atoms. The number of H-pyrrole nitrogens is 1. The molecule has 0 atom stereocenters. The third-order valence-corrected chi connectivity index (χ3v) is 3.00. The summed E-state index contributed by atoms with van der Waals surface area (Å²) < 4.78 is 5.17. The van der Waals surface area contributed by atoms with Crippen molar-refractivity contribution in [1.82, 2.24) is 5.16 Å². The van der Waals surface area contributed by atoms with Crippen molar-refractivity contribution in [3.05, 3.63) is 82.1 Å². The van der Waals surface area contributed by atoms with Crippen LogP contribution >= 0.6 is 0 Å². The fraction of sp³-hybridized carbons (Fsp3) is 0. The zero-order valence-corrected chi connectivity index (χ0v) is 10.5. The highest BCUT2D eigenvalue weighted by Crippen LogP contribution is 2.22. The lowest BCUT2D eigenvalue weighted by Gasteiger charge is -2.00. The predicted molar refractivity (Wildman–Crippen MR) is 74.6 cm³/mol. The minimum Gasteiger partial charge on any atom is -0.378 e. The molecule has 0 bridgehead atoms. The average molecular weight is 265 g/mol. The van der Waals surface area contributed by atoms with E-state index in [1.807, 2.05) is 24.3 Å². The molecule has 0 unspecified atom stereocenters. The van der Waals surface area contributed by atoms with Gasteiger partial charge in [0.25, 0.3) is 5.56 Å². The maximum Gasteiger partial charge on any atom is 0.291 e. The van der Waals surface area contributed by atoms with Crippen molar-refractivity contribution >= 4 is 5.78 Å². The summed E-state index contributed by atoms with van der Waals surface area (Å²) in [5.41, 5.74) is 0.654. The first-order chi connectivity index (χ1) is 9.77. The van der Waals surface area contributed by atoms with Gasteiger partial charge < -0.3 is 4.52 Å². The van der Waals surface area contributed by atoms with Crippen molar-refractivity contribution < 1.29 is 9.32 Å². The Morgan fingerprint density at radius 1 is 0.900 bits per heavy atom. The van der Waals surface area contributed by atoms with E-state index < -0.39 is 5.56 Å². The van der Waals surface area contributed by atoms with Gasteiger partial charge >= 0.3 is 0 Å². The first kappa shape index (κ1) is 12.2. The van der Waals surface area contributed by atoms with Gasteiger partial charge in [-0.15, -0.1) is 0 Å². The van der Waals surface area contributed by atoms with Crippen LogP contribution in [0, 0.1) is 0 Å². The molecular weight excluding hydrogens is 254 g/mol. The number of rotatable bonds is 3. The zero-order chi connectivity index (χ0) is 13.9. The van der Waals surface area contributed by atoms with Crippen LogP contribution in [0.1, 0.15) is 15.9 Å². The largest absolute Gasteiger partial charge is 0.378 e. The van der Waals surface area contributed by atoms with Crippen LogP contribution in [0.25, 0.3) is 11.3 Å². The molecule has 2 aromatic carbocycles. The first-order valence-electron chi connectivity index (χ1n) is 6.14. The van der Waals surface area contributed by atoms with E-state index in [0.29, 0.717) is 11.1 Å². The minimum absolute atomic E-state index is 0.0300. The lowest BCUT2D eigenvalue weighted by atomic mass is 10.0. The first-order valence-corrected chi connectivity index (χ1v) is 6.14. The van der Waals surface area contributed by atoms with Crippen LogP contribution in [0.4, 0.5) is 0 Å². The second kappa shape index (κ2) is 5.01. The van der Waals surface area contributed by atoms with Crippen LogP contribution in [0.2, 0.25) is 0 Å². The van der Waals surface area contributed by atoms with Crippen molar-refractivity contribution in [1.29, 1.82) is 0 Å². The quantitative estimate of drug-likeness (QED) is 0.740. The zero-order valence-electron chi connectivity index (χ0n) is 10.5. The van der Waals surface area contributed by atoms with Gasteiger partial charge in [-0.2, -0.15) is 5.16 Å². The highest BCUT2D eigenvalue weighted by Gasteiger charge is 2.22. The van der Waals surface area contributed by atoms with Gasteiger partial charge in [0.2, 0.25) is 5.78 Å². The van der Waals surface area contributed by atoms with Crippen LogP contribution < -0.4 is 5.56 Å². The summed E-state index contributed by atoms with van der Waals surface area (Å²) in [6, 6.07) is 17.7. The van der Waals surface area contributed by atoms with E-state index in [2.05, 4.69) is 5.16 Å². The average Bonchev–Trinajstić information content (AvgIpc) is 2.90. The number of hydrogen-bond donors (Lipinski definition) is 1. The standard InChI is InChI=1S/C16H11NO3/c18-14(11-7-3-1-4-8-11)13-15(20-17-16(13)19)12-9-5-2-6-10-12/h1-10H,(H,17,19). The maximum absolute atomic E-state index is 12.4. The fourth-order valence-corrected chi connectivity index (χ4v) is 2.04. The Morgan fingerprint density at radius 2 is 1.50 bits per heavy atom. The van der Waals surface area contributed by atoms with Gasteiger partial charge in [-0.3, -0.25) is 9.59 Å². The monoisotopic (exact) mass is 265 g/mol. The Balaban J connectivity index is 2.14. The van der Waals surface area contributed by atoms with Crippen LogP contribution in [-0.4, -0.2) is 10.9 Å². The maximum atomic E-state index is 12.4. The van der Waals surface area contributed by atoms with Gasteiger partial charge in [0.15, 0.2) is 5.76 Å². The highest BCUT2D eigenvalue weighted by atomic mass is 16.5. The summed E-state index contributed by atoms with van der Waals surface area (Å²) in [4.78, 5) is 24.3. The third-order valence-electron chi connectivity index (χ3n) is 3.00. The number of nitrogens with one attached hydrogen (secondary N) is 1. The van der Waals surface area contributed by atoms with E-state index in [1.165, 1.54) is 0 Å². The summed E-state index contributed by atoms with van der Waals surface area (Å²) >= 11 is 0. The molecule has 0 radical (unpaired) electrons. The molecule has 0 saturated carbocycles. The molecule has 4 heteroatoms. The number of carbonyl (C=O) groups excluding carboxylic acids is 1. The second-order valence-corrected chi connectivity index (χ2v) is 4.30. The number of ketones is 1. The molecule has 1 N–H and O–H groups in total. The van der Waals surface area contributed by atoms with Crippen molar-refractivity contribution in [3.8, 4) is 11.3 Å². The molecule has 1 aromatic heterocycles. The predicted octanol–water partition coefficient (Wildman–Crippen LogP) is 2.87. The van der Waals surface area contributed by atoms with Gasteiger partial charge in [-0.05, 0) is 0 Å². The molecule has 4 nitrogen and oxygen atoms in total. The Kier molecular flexibility index (Phi) is 3.05. The number of benzene rings is 2. The molecule has 3 aromatic rings. The molecular formula is C16H11NO3. The van der Waals surface area contributed by atoms with E-state index in [9.17, 15) is 9.59 Å². The van der Waals surface area contributed by atoms with Gasteiger partial charge in [0.1, 0.15) is 5.56 Å². The van der Waals surface area contributed by atoms with Gasteiger partial charge in [0.05, 0.1) is 0 Å². The van der Waals surface area contributed by atoms with Crippen molar-refractivity contribution in [3.63, 3.8) is 0 Å². The fourth-order valence-electron chi connectivity index (χ4n) is 2.04. The van der Waals surface area contributed by atoms with E-state index in [0.717, 1.165) is 0 Å². The number of hydrogen-bond acceptors (Lipinski definition) is 3. The lowest BCUT2D eigenvalue weighted by molar-refractivity contribution is 0.103. The molecule has 0 fully saturated rings. The highest BCUT2D eigenvalue weighted by molar-refractivity contribution is 6.11. The number of carbonyl (C=O) groups is 1. The summed E-state index contributed by atoms with van der Waals surface area (Å²) in [5.74, 6) is -0.0797. The Labute approximate surface area is 114 Å². The molecule has 1 heterocycles. The van der Waals surface area contributed by atoms with Crippen molar-refractivity contribution in [2.75, 3.05) is 0 Å². The normalized spacial score (nSPS) is 10.4. The van der Waals surface area contributed by atoms with E-state index >= 15 is 0 Å². The summed E-state index contributed by atoms with van der Waals surface area (Å²) in [5, 5.41) is 2.23. The Morgan fingerprint density at radius 3 is 2.15 bits per heavy atom. The van der Waals surface area contributed by atoms with E-state index in [1.54, 1.807) is 36.4 Å². The topological polar surface area (TPSA) is 63.1 Å². The molecule has 98 valence electrons. The smallest absolute Gasteiger partial charge is 0.291 e. The van der Waals surface area contributed by atoms with E-state index in [-0.39, 0.29) is 17.1 Å². The second-order valence-electron chi connectivity index (χ2n) is 4.30. The molecule has 0 spiro atoms. The summed E-state index contributed by atoms with van der Waals surface area (Å²) in [6.45, 7) is 0. The molecule has 0 aliphatic rings. The number of aromatic nitrogens is 1. The van der Waals surface area contributed by atoms with Crippen molar-refractivity contribution in [2.45, 2.75) is 0 Å². The molecule has 3 rings (SSSR count). The Hall–Kier alpha value is -2.88. The third kappa shape index (κ3) is 2.07. The van der Waals surface area contributed by atoms with Crippen LogP contribution in [0.15, 0.2) is 70.0 Å². The van der Waals surface area contributed by atoms with Crippen molar-refractivity contribution in [2.24, 2.45) is 0 Å². The molecule has 0 amide bonds.